The summed E-state index contributed by atoms with van der Waals surface area (Å²) >= 11 is 0. The van der Waals surface area contributed by atoms with E-state index in [0.29, 0.717) is 6.54 Å². The van der Waals surface area contributed by atoms with Gasteiger partial charge in [0, 0.05) is 37.8 Å². The molecule has 2 rings (SSSR count). The molecule has 0 amide bonds. The number of nitrogens with zero attached hydrogens (tertiary/aromatic N) is 3. The Bertz CT molecular complexity index is 1000. The quantitative estimate of drug-likeness (QED) is 0.228. The van der Waals surface area contributed by atoms with Gasteiger partial charge in [0.15, 0.2) is 0 Å². The second-order valence-electron chi connectivity index (χ2n) is 8.31. The first-order valence-electron chi connectivity index (χ1n) is 10.9. The summed E-state index contributed by atoms with van der Waals surface area (Å²) < 4.78 is 55.9. The first-order valence-corrected chi connectivity index (χ1v) is 13.9. The highest BCUT2D eigenvalue weighted by Gasteiger charge is 2.38. The van der Waals surface area contributed by atoms with Crippen LogP contribution < -0.4 is 0 Å². The summed E-state index contributed by atoms with van der Waals surface area (Å²) in [6.07, 6.45) is 7.17. The van der Waals surface area contributed by atoms with Gasteiger partial charge in [-0.1, -0.05) is 52.2 Å². The zero-order valence-electron chi connectivity index (χ0n) is 18.9. The van der Waals surface area contributed by atoms with Gasteiger partial charge in [-0.25, -0.2) is 16.8 Å². The molecule has 11 heteroatoms. The van der Waals surface area contributed by atoms with Gasteiger partial charge in [0.25, 0.3) is 5.69 Å². The molecule has 0 N–H and O–H groups in total. The van der Waals surface area contributed by atoms with Gasteiger partial charge in [0.1, 0.15) is 0 Å². The Morgan fingerprint density at radius 1 is 1.09 bits per heavy atom. The van der Waals surface area contributed by atoms with Crippen LogP contribution in [0.4, 0.5) is 5.69 Å². The fraction of sp³-hybridized carbons (Fsp3) is 0.619. The summed E-state index contributed by atoms with van der Waals surface area (Å²) in [6.45, 7) is 6.34. The summed E-state index contributed by atoms with van der Waals surface area (Å²) in [4.78, 5) is 10.2. The largest absolute Gasteiger partial charge is 0.269 e. The van der Waals surface area contributed by atoms with E-state index >= 15 is 0 Å². The van der Waals surface area contributed by atoms with E-state index in [9.17, 15) is 26.9 Å². The Hall–Kier alpha value is -1.82. The van der Waals surface area contributed by atoms with Crippen LogP contribution in [0.2, 0.25) is 0 Å². The summed E-state index contributed by atoms with van der Waals surface area (Å²) in [5.41, 5.74) is -0.213. The summed E-state index contributed by atoms with van der Waals surface area (Å²) in [5.74, 6) is -0.571. The lowest BCUT2D eigenvalue weighted by Gasteiger charge is -2.33. The number of rotatable bonds is 9. The van der Waals surface area contributed by atoms with E-state index in [1.165, 1.54) is 20.7 Å². The third-order valence-corrected chi connectivity index (χ3v) is 9.38. The van der Waals surface area contributed by atoms with Crippen LogP contribution in [0.25, 0.3) is 0 Å². The van der Waals surface area contributed by atoms with Crippen molar-refractivity contribution in [3.8, 4) is 0 Å². The summed E-state index contributed by atoms with van der Waals surface area (Å²) in [7, 11) is -7.76. The number of hydrogen-bond acceptors (Lipinski definition) is 6. The molecule has 0 aromatic heterocycles. The normalized spacial score (nSPS) is 21.6. The van der Waals surface area contributed by atoms with Gasteiger partial charge in [-0.3, -0.25) is 10.1 Å². The maximum absolute atomic E-state index is 13.4. The van der Waals surface area contributed by atoms with Crippen LogP contribution in [0.1, 0.15) is 46.5 Å². The van der Waals surface area contributed by atoms with Crippen molar-refractivity contribution in [1.29, 1.82) is 0 Å². The van der Waals surface area contributed by atoms with Crippen LogP contribution in [0.3, 0.4) is 0 Å². The van der Waals surface area contributed by atoms with Crippen LogP contribution in [0.5, 0.6) is 0 Å². The predicted molar refractivity (Wildman–Crippen MR) is 124 cm³/mol. The van der Waals surface area contributed by atoms with E-state index in [-0.39, 0.29) is 35.3 Å². The fourth-order valence-electron chi connectivity index (χ4n) is 3.65. The van der Waals surface area contributed by atoms with Crippen LogP contribution in [0, 0.1) is 16.0 Å². The van der Waals surface area contributed by atoms with E-state index < -0.39 is 31.0 Å². The second kappa shape index (κ2) is 11.4. The van der Waals surface area contributed by atoms with E-state index in [4.69, 9.17) is 0 Å². The van der Waals surface area contributed by atoms with Crippen molar-refractivity contribution in [2.24, 2.45) is 5.92 Å². The zero-order valence-corrected chi connectivity index (χ0v) is 20.5. The molecule has 1 heterocycles. The Labute approximate surface area is 191 Å². The number of sulfonamides is 2. The molecule has 0 spiro atoms. The summed E-state index contributed by atoms with van der Waals surface area (Å²) in [6, 6.07) is 3.88. The maximum Gasteiger partial charge on any atom is 0.269 e. The lowest BCUT2D eigenvalue weighted by atomic mass is 10.1. The van der Waals surface area contributed by atoms with Crippen molar-refractivity contribution in [1.82, 2.24) is 8.61 Å². The highest BCUT2D eigenvalue weighted by Crippen LogP contribution is 2.26. The molecule has 0 fully saturated rings. The number of benzene rings is 1. The molecule has 1 aliphatic heterocycles. The van der Waals surface area contributed by atoms with Gasteiger partial charge in [-0.15, -0.1) is 0 Å². The standard InChI is InChI=1S/C21H33N3O6S2/c1-4-5-6-7-14-22-15-8-9-16-23(21(18(2)3)17-31(22,27)28)32(29,30)20-12-10-19(11-13-20)24(25)26/h8-13,18,21H,4-7,14-17H2,1-3H3/b9-8-/t21-/m1/s1. The molecule has 1 atom stereocenters. The monoisotopic (exact) mass is 487 g/mol. The molecule has 1 aromatic carbocycles. The number of nitro groups is 1. The Morgan fingerprint density at radius 2 is 1.72 bits per heavy atom. The molecule has 0 aliphatic carbocycles. The van der Waals surface area contributed by atoms with Crippen molar-refractivity contribution in [2.75, 3.05) is 25.4 Å². The van der Waals surface area contributed by atoms with E-state index in [1.807, 2.05) is 0 Å². The molecule has 1 aromatic rings. The minimum atomic E-state index is -4.07. The lowest BCUT2D eigenvalue weighted by molar-refractivity contribution is -0.384. The van der Waals surface area contributed by atoms with E-state index in [2.05, 4.69) is 6.92 Å². The van der Waals surface area contributed by atoms with Gasteiger partial charge < -0.3 is 0 Å². The van der Waals surface area contributed by atoms with Gasteiger partial charge in [0.05, 0.1) is 15.6 Å². The predicted octanol–water partition coefficient (Wildman–Crippen LogP) is 3.39. The molecule has 0 unspecified atom stereocenters. The van der Waals surface area contributed by atoms with Crippen LogP contribution >= 0.6 is 0 Å². The minimum Gasteiger partial charge on any atom is -0.258 e. The number of non-ortho nitro benzene ring substituents is 1. The molecule has 1 aliphatic rings. The molecular formula is C21H33N3O6S2. The number of nitro benzene ring substituents is 1. The smallest absolute Gasteiger partial charge is 0.258 e. The SMILES string of the molecule is CCCCCCN1C/C=C\CN(S(=O)(=O)c2ccc([N+](=O)[O-])cc2)[C@@H](C(C)C)CS1(=O)=O. The Kier molecular flexibility index (Phi) is 9.38. The van der Waals surface area contributed by atoms with E-state index in [0.717, 1.165) is 37.8 Å². The molecule has 0 bridgehead atoms. The Balaban J connectivity index is 2.36. The first-order chi connectivity index (χ1) is 15.0. The lowest BCUT2D eigenvalue weighted by Crippen LogP contribution is -2.49. The van der Waals surface area contributed by atoms with Crippen molar-refractivity contribution in [3.05, 3.63) is 46.5 Å². The molecule has 180 valence electrons. The molecule has 0 radical (unpaired) electrons. The number of unbranched alkanes of at least 4 members (excludes halogenated alkanes) is 3. The van der Waals surface area contributed by atoms with Crippen LogP contribution in [-0.2, 0) is 20.0 Å². The van der Waals surface area contributed by atoms with Crippen LogP contribution in [-0.4, -0.2) is 61.8 Å². The van der Waals surface area contributed by atoms with Gasteiger partial charge in [0.2, 0.25) is 20.0 Å². The second-order valence-corrected chi connectivity index (χ2v) is 12.2. The fourth-order valence-corrected chi connectivity index (χ4v) is 7.38. The summed E-state index contributed by atoms with van der Waals surface area (Å²) in [5, 5.41) is 10.9. The average Bonchev–Trinajstić information content (AvgIpc) is 2.79. The first kappa shape index (κ1) is 26.4. The average molecular weight is 488 g/mol. The van der Waals surface area contributed by atoms with E-state index in [1.54, 1.807) is 26.0 Å². The zero-order chi connectivity index (χ0) is 23.9. The van der Waals surface area contributed by atoms with Crippen molar-refractivity contribution in [3.63, 3.8) is 0 Å². The highest BCUT2D eigenvalue weighted by molar-refractivity contribution is 7.90. The Morgan fingerprint density at radius 3 is 2.28 bits per heavy atom. The number of hydrogen-bond donors (Lipinski definition) is 0. The third-order valence-electron chi connectivity index (χ3n) is 5.59. The molecule has 0 saturated carbocycles. The van der Waals surface area contributed by atoms with Crippen molar-refractivity contribution in [2.45, 2.75) is 57.4 Å². The van der Waals surface area contributed by atoms with Crippen molar-refractivity contribution >= 4 is 25.7 Å². The molecule has 32 heavy (non-hydrogen) atoms. The van der Waals surface area contributed by atoms with Crippen molar-refractivity contribution < 1.29 is 21.8 Å². The van der Waals surface area contributed by atoms with Gasteiger partial charge in [-0.05, 0) is 24.5 Å². The highest BCUT2D eigenvalue weighted by atomic mass is 32.2. The maximum atomic E-state index is 13.4. The van der Waals surface area contributed by atoms with Gasteiger partial charge >= 0.3 is 0 Å². The van der Waals surface area contributed by atoms with Gasteiger partial charge in [-0.2, -0.15) is 8.61 Å². The minimum absolute atomic E-state index is 0.0291. The molecule has 0 saturated heterocycles. The topological polar surface area (TPSA) is 118 Å². The van der Waals surface area contributed by atoms with Crippen LogP contribution in [0.15, 0.2) is 41.3 Å². The molecular weight excluding hydrogens is 454 g/mol. The molecule has 9 nitrogen and oxygen atoms in total. The third kappa shape index (κ3) is 6.60.